The average molecular weight is 258 g/mol. The molecule has 0 saturated heterocycles. The van der Waals surface area contributed by atoms with Gasteiger partial charge in [-0.2, -0.15) is 5.26 Å². The van der Waals surface area contributed by atoms with Crippen molar-refractivity contribution in [1.29, 1.82) is 5.26 Å². The van der Waals surface area contributed by atoms with Crippen LogP contribution in [0.15, 0.2) is 16.6 Å². The molecule has 0 aliphatic heterocycles. The Bertz CT molecular complexity index is 409. The topological polar surface area (TPSA) is 44.0 Å². The van der Waals surface area contributed by atoms with E-state index < -0.39 is 17.0 Å². The zero-order chi connectivity index (χ0) is 10.9. The molecule has 4 heteroatoms. The molecule has 0 amide bonds. The van der Waals surface area contributed by atoms with E-state index in [4.69, 9.17) is 5.26 Å². The predicted octanol–water partition coefficient (Wildman–Crippen LogP) is 3.09. The molecule has 0 heterocycles. The molecular formula is C10H9BrFNO. The number of hydrogen-bond donors (Lipinski definition) is 1. The van der Waals surface area contributed by atoms with Crippen LogP contribution in [0.2, 0.25) is 0 Å². The molecule has 14 heavy (non-hydrogen) atoms. The van der Waals surface area contributed by atoms with Crippen molar-refractivity contribution < 1.29 is 9.50 Å². The van der Waals surface area contributed by atoms with Crippen molar-refractivity contribution in [1.82, 2.24) is 0 Å². The van der Waals surface area contributed by atoms with Gasteiger partial charge in [-0.3, -0.25) is 0 Å². The molecule has 1 N–H and O–H groups in total. The van der Waals surface area contributed by atoms with Crippen molar-refractivity contribution in [3.63, 3.8) is 0 Å². The molecule has 0 spiro atoms. The van der Waals surface area contributed by atoms with E-state index >= 15 is 0 Å². The lowest BCUT2D eigenvalue weighted by Gasteiger charge is -2.17. The summed E-state index contributed by atoms with van der Waals surface area (Å²) in [6.45, 7) is 3.24. The molecule has 0 radical (unpaired) electrons. The van der Waals surface area contributed by atoms with Gasteiger partial charge >= 0.3 is 0 Å². The summed E-state index contributed by atoms with van der Waals surface area (Å²) < 4.78 is 13.6. The van der Waals surface area contributed by atoms with Gasteiger partial charge in [0, 0.05) is 10.0 Å². The molecule has 0 unspecified atom stereocenters. The van der Waals surface area contributed by atoms with Crippen LogP contribution in [0.1, 0.15) is 19.4 Å². The van der Waals surface area contributed by atoms with Crippen LogP contribution in [0.5, 0.6) is 5.75 Å². The molecule has 0 aliphatic rings. The summed E-state index contributed by atoms with van der Waals surface area (Å²) >= 11 is 3.11. The Morgan fingerprint density at radius 3 is 2.57 bits per heavy atom. The first-order chi connectivity index (χ1) is 6.38. The van der Waals surface area contributed by atoms with Crippen molar-refractivity contribution >= 4 is 15.9 Å². The van der Waals surface area contributed by atoms with Crippen LogP contribution in [0.4, 0.5) is 4.39 Å². The summed E-state index contributed by atoms with van der Waals surface area (Å²) in [5.74, 6) is -1.18. The zero-order valence-electron chi connectivity index (χ0n) is 7.81. The molecule has 0 aromatic heterocycles. The molecule has 0 saturated carbocycles. The molecule has 74 valence electrons. The van der Waals surface area contributed by atoms with E-state index in [-0.39, 0.29) is 5.56 Å². The first-order valence-electron chi connectivity index (χ1n) is 3.98. The van der Waals surface area contributed by atoms with E-state index in [1.54, 1.807) is 19.9 Å². The highest BCUT2D eigenvalue weighted by molar-refractivity contribution is 9.10. The number of aromatic hydroxyl groups is 1. The highest BCUT2D eigenvalue weighted by Crippen LogP contribution is 2.34. The molecular weight excluding hydrogens is 249 g/mol. The number of phenolic OH excluding ortho intramolecular Hbond substituents is 1. The predicted molar refractivity (Wildman–Crippen MR) is 54.4 cm³/mol. The Morgan fingerprint density at radius 2 is 2.07 bits per heavy atom. The van der Waals surface area contributed by atoms with Gasteiger partial charge in [0.25, 0.3) is 0 Å². The first-order valence-corrected chi connectivity index (χ1v) is 4.77. The standard InChI is InChI=1S/C10H9BrFNO/c1-10(2,5-13)7-3-6(11)4-8(12)9(7)14/h3-4,14H,1-2H3. The molecule has 0 fully saturated rings. The monoisotopic (exact) mass is 257 g/mol. The van der Waals surface area contributed by atoms with Crippen LogP contribution >= 0.6 is 15.9 Å². The number of hydrogen-bond acceptors (Lipinski definition) is 2. The third-order valence-corrected chi connectivity index (χ3v) is 2.44. The van der Waals surface area contributed by atoms with Gasteiger partial charge in [0.2, 0.25) is 0 Å². The van der Waals surface area contributed by atoms with Crippen molar-refractivity contribution in [2.24, 2.45) is 0 Å². The molecule has 1 rings (SSSR count). The van der Waals surface area contributed by atoms with Gasteiger partial charge < -0.3 is 5.11 Å². The minimum Gasteiger partial charge on any atom is -0.505 e. The number of halogens is 2. The van der Waals surface area contributed by atoms with Gasteiger partial charge in [-0.1, -0.05) is 15.9 Å². The van der Waals surface area contributed by atoms with Crippen molar-refractivity contribution in [3.05, 3.63) is 28.0 Å². The fourth-order valence-corrected chi connectivity index (χ4v) is 1.53. The van der Waals surface area contributed by atoms with Gasteiger partial charge in [-0.05, 0) is 26.0 Å². The van der Waals surface area contributed by atoms with Crippen LogP contribution in [0, 0.1) is 17.1 Å². The molecule has 0 atom stereocenters. The SMILES string of the molecule is CC(C)(C#N)c1cc(Br)cc(F)c1O. The average Bonchev–Trinajstić information content (AvgIpc) is 2.11. The van der Waals surface area contributed by atoms with Crippen LogP contribution in [0.25, 0.3) is 0 Å². The van der Waals surface area contributed by atoms with Crippen LogP contribution in [-0.2, 0) is 5.41 Å². The van der Waals surface area contributed by atoms with E-state index in [1.807, 2.05) is 6.07 Å². The fraction of sp³-hybridized carbons (Fsp3) is 0.300. The Balaban J connectivity index is 3.44. The second kappa shape index (κ2) is 3.58. The maximum absolute atomic E-state index is 13.1. The van der Waals surface area contributed by atoms with Crippen LogP contribution in [-0.4, -0.2) is 5.11 Å². The smallest absolute Gasteiger partial charge is 0.166 e. The van der Waals surface area contributed by atoms with Gasteiger partial charge in [-0.15, -0.1) is 0 Å². The van der Waals surface area contributed by atoms with Gasteiger partial charge in [-0.25, -0.2) is 4.39 Å². The van der Waals surface area contributed by atoms with E-state index in [0.717, 1.165) is 6.07 Å². The summed E-state index contributed by atoms with van der Waals surface area (Å²) in [4.78, 5) is 0. The lowest BCUT2D eigenvalue weighted by atomic mass is 9.85. The summed E-state index contributed by atoms with van der Waals surface area (Å²) in [5.41, 5.74) is -0.624. The minimum atomic E-state index is -0.908. The summed E-state index contributed by atoms with van der Waals surface area (Å²) in [5, 5.41) is 18.3. The van der Waals surface area contributed by atoms with Crippen molar-refractivity contribution in [3.8, 4) is 11.8 Å². The summed E-state index contributed by atoms with van der Waals surface area (Å²) in [6, 6.07) is 4.71. The van der Waals surface area contributed by atoms with Crippen molar-refractivity contribution in [2.75, 3.05) is 0 Å². The molecule has 1 aromatic carbocycles. The first kappa shape index (κ1) is 11.0. The summed E-state index contributed by atoms with van der Waals surface area (Å²) in [7, 11) is 0. The third-order valence-electron chi connectivity index (χ3n) is 1.98. The maximum Gasteiger partial charge on any atom is 0.166 e. The van der Waals surface area contributed by atoms with E-state index in [0.29, 0.717) is 4.47 Å². The van der Waals surface area contributed by atoms with Crippen LogP contribution < -0.4 is 0 Å². The van der Waals surface area contributed by atoms with Gasteiger partial charge in [0.1, 0.15) is 0 Å². The molecule has 0 aliphatic carbocycles. The van der Waals surface area contributed by atoms with Gasteiger partial charge in [0.05, 0.1) is 11.5 Å². The number of nitrogens with zero attached hydrogens (tertiary/aromatic N) is 1. The van der Waals surface area contributed by atoms with E-state index in [9.17, 15) is 9.50 Å². The lowest BCUT2D eigenvalue weighted by molar-refractivity contribution is 0.416. The highest BCUT2D eigenvalue weighted by atomic mass is 79.9. The van der Waals surface area contributed by atoms with Crippen LogP contribution in [0.3, 0.4) is 0 Å². The maximum atomic E-state index is 13.1. The minimum absolute atomic E-state index is 0.284. The largest absolute Gasteiger partial charge is 0.505 e. The Hall–Kier alpha value is -1.08. The number of benzene rings is 1. The Morgan fingerprint density at radius 1 is 1.50 bits per heavy atom. The Labute approximate surface area is 90.1 Å². The normalized spacial score (nSPS) is 11.1. The van der Waals surface area contributed by atoms with Gasteiger partial charge in [0.15, 0.2) is 11.6 Å². The molecule has 1 aromatic rings. The fourth-order valence-electron chi connectivity index (χ4n) is 1.10. The number of rotatable bonds is 1. The Kier molecular flexibility index (Phi) is 2.81. The third kappa shape index (κ3) is 1.88. The van der Waals surface area contributed by atoms with E-state index in [1.165, 1.54) is 0 Å². The number of nitriles is 1. The molecule has 2 nitrogen and oxygen atoms in total. The second-order valence-electron chi connectivity index (χ2n) is 3.52. The number of phenols is 1. The zero-order valence-corrected chi connectivity index (χ0v) is 9.39. The highest BCUT2D eigenvalue weighted by Gasteiger charge is 2.25. The summed E-state index contributed by atoms with van der Waals surface area (Å²) in [6.07, 6.45) is 0. The lowest BCUT2D eigenvalue weighted by Crippen LogP contribution is -2.14. The van der Waals surface area contributed by atoms with E-state index in [2.05, 4.69) is 15.9 Å². The quantitative estimate of drug-likeness (QED) is 0.841. The van der Waals surface area contributed by atoms with Crippen molar-refractivity contribution in [2.45, 2.75) is 19.3 Å². The molecule has 0 bridgehead atoms. The second-order valence-corrected chi connectivity index (χ2v) is 4.44.